The van der Waals surface area contributed by atoms with Crippen molar-refractivity contribution < 1.29 is 14.6 Å². The summed E-state index contributed by atoms with van der Waals surface area (Å²) >= 11 is 0. The van der Waals surface area contributed by atoms with Crippen molar-refractivity contribution >= 4 is 5.78 Å². The molecule has 4 aliphatic carbocycles. The van der Waals surface area contributed by atoms with Crippen LogP contribution in [0.4, 0.5) is 0 Å². The van der Waals surface area contributed by atoms with Gasteiger partial charge in [0.15, 0.2) is 11.4 Å². The van der Waals surface area contributed by atoms with E-state index < -0.39 is 5.60 Å². The Kier molecular flexibility index (Phi) is 3.06. The van der Waals surface area contributed by atoms with Crippen molar-refractivity contribution in [2.24, 2.45) is 34.5 Å². The molecule has 5 rings (SSSR count). The van der Waals surface area contributed by atoms with Gasteiger partial charge in [-0.25, -0.2) is 0 Å². The normalized spacial score (nSPS) is 61.3. The maximum atomic E-state index is 12.4. The number of fused-ring (bicyclic) bond motifs is 7. The van der Waals surface area contributed by atoms with E-state index in [4.69, 9.17) is 4.74 Å². The topological polar surface area (TPSA) is 49.8 Å². The van der Waals surface area contributed by atoms with E-state index in [1.54, 1.807) is 6.92 Å². The summed E-state index contributed by atoms with van der Waals surface area (Å²) in [6, 6.07) is 0. The molecule has 0 aromatic rings. The molecular formula is C21H32O3. The van der Waals surface area contributed by atoms with Crippen molar-refractivity contribution in [1.82, 2.24) is 0 Å². The molecule has 3 heteroatoms. The van der Waals surface area contributed by atoms with Gasteiger partial charge in [0.1, 0.15) is 0 Å². The van der Waals surface area contributed by atoms with E-state index in [-0.39, 0.29) is 23.4 Å². The van der Waals surface area contributed by atoms with E-state index in [1.807, 2.05) is 0 Å². The lowest BCUT2D eigenvalue weighted by Gasteiger charge is -2.61. The number of epoxide rings is 1. The van der Waals surface area contributed by atoms with Gasteiger partial charge in [-0.1, -0.05) is 13.8 Å². The van der Waals surface area contributed by atoms with Crippen LogP contribution < -0.4 is 0 Å². The van der Waals surface area contributed by atoms with E-state index in [9.17, 15) is 9.90 Å². The van der Waals surface area contributed by atoms with Crippen molar-refractivity contribution in [1.29, 1.82) is 0 Å². The first-order valence-corrected chi connectivity index (χ1v) is 10.2. The molecule has 9 atom stereocenters. The van der Waals surface area contributed by atoms with Crippen LogP contribution in [0.1, 0.15) is 72.1 Å². The van der Waals surface area contributed by atoms with Crippen molar-refractivity contribution in [2.75, 3.05) is 0 Å². The monoisotopic (exact) mass is 332 g/mol. The van der Waals surface area contributed by atoms with Gasteiger partial charge in [-0.15, -0.1) is 0 Å². The molecule has 0 spiro atoms. The summed E-state index contributed by atoms with van der Waals surface area (Å²) in [5, 5.41) is 10.1. The number of carbonyl (C=O) groups excluding carboxylic acids is 1. The molecule has 0 unspecified atom stereocenters. The minimum absolute atomic E-state index is 0.0676. The van der Waals surface area contributed by atoms with Crippen LogP contribution in [0.5, 0.6) is 0 Å². The second-order valence-electron chi connectivity index (χ2n) is 10.2. The fourth-order valence-electron chi connectivity index (χ4n) is 8.30. The average Bonchev–Trinajstić information content (AvgIpc) is 3.21. The van der Waals surface area contributed by atoms with Gasteiger partial charge in [0, 0.05) is 5.41 Å². The fraction of sp³-hybridized carbons (Fsp3) is 0.952. The Hall–Kier alpha value is -0.410. The molecule has 1 saturated heterocycles. The number of ketones is 1. The predicted molar refractivity (Wildman–Crippen MR) is 91.4 cm³/mol. The van der Waals surface area contributed by atoms with Gasteiger partial charge >= 0.3 is 0 Å². The van der Waals surface area contributed by atoms with Crippen LogP contribution in [0.25, 0.3) is 0 Å². The third kappa shape index (κ3) is 1.65. The van der Waals surface area contributed by atoms with Crippen LogP contribution in [0, 0.1) is 34.5 Å². The molecule has 1 N–H and O–H groups in total. The van der Waals surface area contributed by atoms with E-state index in [0.29, 0.717) is 17.3 Å². The second-order valence-corrected chi connectivity index (χ2v) is 10.2. The van der Waals surface area contributed by atoms with Crippen molar-refractivity contribution in [3.63, 3.8) is 0 Å². The van der Waals surface area contributed by atoms with Gasteiger partial charge in [0.05, 0.1) is 12.2 Å². The minimum atomic E-state index is -0.427. The number of hydrogen-bond donors (Lipinski definition) is 1. The van der Waals surface area contributed by atoms with Crippen LogP contribution in [0.3, 0.4) is 0 Å². The summed E-state index contributed by atoms with van der Waals surface area (Å²) in [4.78, 5) is 12.4. The van der Waals surface area contributed by atoms with Gasteiger partial charge < -0.3 is 9.84 Å². The highest BCUT2D eigenvalue weighted by molar-refractivity contribution is 5.90. The number of ether oxygens (including phenoxy) is 1. The van der Waals surface area contributed by atoms with Gasteiger partial charge in [0.25, 0.3) is 0 Å². The van der Waals surface area contributed by atoms with Crippen LogP contribution >= 0.6 is 0 Å². The van der Waals surface area contributed by atoms with E-state index in [2.05, 4.69) is 13.8 Å². The third-order valence-electron chi connectivity index (χ3n) is 9.59. The first kappa shape index (κ1) is 15.8. The molecule has 0 aromatic heterocycles. The molecule has 0 aromatic carbocycles. The Morgan fingerprint density at radius 1 is 1.04 bits per heavy atom. The molecule has 5 aliphatic rings. The molecule has 0 amide bonds. The molecule has 1 heterocycles. The number of aliphatic hydroxyl groups excluding tert-OH is 1. The minimum Gasteiger partial charge on any atom is -0.393 e. The molecule has 134 valence electrons. The zero-order chi connectivity index (χ0) is 16.9. The van der Waals surface area contributed by atoms with Gasteiger partial charge in [0.2, 0.25) is 0 Å². The lowest BCUT2D eigenvalue weighted by atomic mass is 9.44. The van der Waals surface area contributed by atoms with Crippen LogP contribution in [0.15, 0.2) is 0 Å². The number of aliphatic hydroxyl groups is 1. The van der Waals surface area contributed by atoms with Gasteiger partial charge in [-0.3, -0.25) is 4.79 Å². The second kappa shape index (κ2) is 4.65. The first-order valence-electron chi connectivity index (χ1n) is 10.2. The quantitative estimate of drug-likeness (QED) is 0.745. The summed E-state index contributed by atoms with van der Waals surface area (Å²) in [5.74, 6) is 3.22. The lowest BCUT2D eigenvalue weighted by Crippen LogP contribution is -2.56. The molecular weight excluding hydrogens is 300 g/mol. The Morgan fingerprint density at radius 3 is 2.58 bits per heavy atom. The van der Waals surface area contributed by atoms with Crippen LogP contribution in [-0.2, 0) is 9.53 Å². The smallest absolute Gasteiger partial charge is 0.164 e. The third-order valence-corrected chi connectivity index (χ3v) is 9.59. The van der Waals surface area contributed by atoms with E-state index in [1.165, 1.54) is 25.7 Å². The zero-order valence-corrected chi connectivity index (χ0v) is 15.4. The van der Waals surface area contributed by atoms with Crippen molar-refractivity contribution in [2.45, 2.75) is 89.9 Å². The predicted octanol–water partition coefficient (Wildman–Crippen LogP) is 3.73. The number of carbonyl (C=O) groups is 1. The number of rotatable bonds is 1. The Morgan fingerprint density at radius 2 is 1.83 bits per heavy atom. The summed E-state index contributed by atoms with van der Waals surface area (Å²) in [5.41, 5.74) is 0.0612. The largest absolute Gasteiger partial charge is 0.393 e. The summed E-state index contributed by atoms with van der Waals surface area (Å²) in [6.07, 6.45) is 9.45. The highest BCUT2D eigenvalue weighted by Crippen LogP contribution is 2.73. The standard InChI is InChI=1S/C21H32O3/c1-12(22)21-18(24-21)11-17-15-5-4-13-10-14(23)6-8-19(13,2)16(15)7-9-20(17,21)3/h13-18,23H,4-11H2,1-3H3/t13-,14+,15-,16+,17+,18+,19+,20+,21+/m1/s1. The van der Waals surface area contributed by atoms with E-state index in [0.717, 1.165) is 37.5 Å². The maximum Gasteiger partial charge on any atom is 0.164 e. The molecule has 1 aliphatic heterocycles. The maximum absolute atomic E-state index is 12.4. The molecule has 24 heavy (non-hydrogen) atoms. The molecule has 4 saturated carbocycles. The highest BCUT2D eigenvalue weighted by atomic mass is 16.6. The van der Waals surface area contributed by atoms with Crippen LogP contribution in [-0.4, -0.2) is 28.7 Å². The van der Waals surface area contributed by atoms with Gasteiger partial charge in [-0.05, 0) is 87.4 Å². The SMILES string of the molecule is CC(=O)[C@]12O[C@H]1C[C@H]1[C@@H]3CC[C@@H]4C[C@@H](O)CC[C@]4(C)[C@H]3CC[C@@]12C. The fourth-order valence-corrected chi connectivity index (χ4v) is 8.30. The lowest BCUT2D eigenvalue weighted by molar-refractivity contribution is -0.151. The number of hydrogen-bond acceptors (Lipinski definition) is 3. The Balaban J connectivity index is 1.47. The Labute approximate surface area is 145 Å². The molecule has 5 fully saturated rings. The average molecular weight is 332 g/mol. The zero-order valence-electron chi connectivity index (χ0n) is 15.4. The summed E-state index contributed by atoms with van der Waals surface area (Å²) in [7, 11) is 0. The summed E-state index contributed by atoms with van der Waals surface area (Å²) in [6.45, 7) is 6.64. The summed E-state index contributed by atoms with van der Waals surface area (Å²) < 4.78 is 6.02. The van der Waals surface area contributed by atoms with Crippen LogP contribution in [0.2, 0.25) is 0 Å². The molecule has 0 radical (unpaired) electrons. The number of Topliss-reactive ketones (excluding diaryl/α,β-unsaturated/α-hetero) is 1. The molecule has 3 nitrogen and oxygen atoms in total. The van der Waals surface area contributed by atoms with Gasteiger partial charge in [-0.2, -0.15) is 0 Å². The first-order chi connectivity index (χ1) is 11.3. The van der Waals surface area contributed by atoms with Crippen molar-refractivity contribution in [3.8, 4) is 0 Å². The van der Waals surface area contributed by atoms with Crippen molar-refractivity contribution in [3.05, 3.63) is 0 Å². The van der Waals surface area contributed by atoms with E-state index >= 15 is 0 Å². The Bertz CT molecular complexity index is 588. The highest BCUT2D eigenvalue weighted by Gasteiger charge is 2.79. The molecule has 0 bridgehead atoms.